The van der Waals surface area contributed by atoms with Crippen molar-refractivity contribution >= 4 is 28.4 Å². The topological polar surface area (TPSA) is 51.2 Å². The molecule has 0 aliphatic carbocycles. The molecule has 1 N–H and O–H groups in total. The third-order valence-corrected chi connectivity index (χ3v) is 5.02. The fraction of sp³-hybridized carbons (Fsp3) is 0.120. The fourth-order valence-electron chi connectivity index (χ4n) is 3.25. The summed E-state index contributed by atoms with van der Waals surface area (Å²) in [6, 6.07) is 24.8. The van der Waals surface area contributed by atoms with Gasteiger partial charge in [0.1, 0.15) is 5.75 Å². The third kappa shape index (κ3) is 4.44. The number of benzene rings is 3. The molecule has 4 aromatic rings. The molecule has 3 aromatic carbocycles. The van der Waals surface area contributed by atoms with E-state index in [1.165, 1.54) is 0 Å². The molecule has 0 aliphatic rings. The largest absolute Gasteiger partial charge is 0.493 e. The summed E-state index contributed by atoms with van der Waals surface area (Å²) in [7, 11) is 0. The minimum Gasteiger partial charge on any atom is -0.493 e. The minimum absolute atomic E-state index is 0.151. The van der Waals surface area contributed by atoms with E-state index in [-0.39, 0.29) is 5.91 Å². The van der Waals surface area contributed by atoms with Gasteiger partial charge in [0.15, 0.2) is 0 Å². The second-order valence-corrected chi connectivity index (χ2v) is 7.28. The molecule has 0 bridgehead atoms. The number of aromatic nitrogens is 1. The Kier molecular flexibility index (Phi) is 5.96. The van der Waals surface area contributed by atoms with E-state index in [4.69, 9.17) is 21.3 Å². The van der Waals surface area contributed by atoms with Gasteiger partial charge in [-0.15, -0.1) is 0 Å². The van der Waals surface area contributed by atoms with Crippen molar-refractivity contribution in [2.75, 3.05) is 6.61 Å². The zero-order valence-electron chi connectivity index (χ0n) is 16.6. The molecule has 1 aromatic heterocycles. The second-order valence-electron chi connectivity index (χ2n) is 6.85. The Balaban J connectivity index is 1.63. The molecule has 0 radical (unpaired) electrons. The monoisotopic (exact) mass is 416 g/mol. The SMILES string of the molecule is CCOc1cc(-c2ccccc2)nc2ccc(C(=O)NCc3ccc(Cl)cc3)cc12. The van der Waals surface area contributed by atoms with E-state index in [1.54, 1.807) is 6.07 Å². The average Bonchev–Trinajstić information content (AvgIpc) is 2.79. The number of carbonyl (C=O) groups is 1. The molecule has 0 atom stereocenters. The predicted molar refractivity (Wildman–Crippen MR) is 121 cm³/mol. The molecule has 0 aliphatic heterocycles. The number of ether oxygens (including phenoxy) is 1. The molecule has 0 saturated carbocycles. The van der Waals surface area contributed by atoms with Crippen LogP contribution in [0.3, 0.4) is 0 Å². The van der Waals surface area contributed by atoms with E-state index in [9.17, 15) is 4.79 Å². The number of fused-ring (bicyclic) bond motifs is 1. The molecule has 1 amide bonds. The van der Waals surface area contributed by atoms with Crippen molar-refractivity contribution in [3.63, 3.8) is 0 Å². The van der Waals surface area contributed by atoms with Gasteiger partial charge in [-0.2, -0.15) is 0 Å². The van der Waals surface area contributed by atoms with Gasteiger partial charge in [-0.1, -0.05) is 54.1 Å². The van der Waals surface area contributed by atoms with Crippen LogP contribution in [0.15, 0.2) is 78.9 Å². The molecule has 4 nitrogen and oxygen atoms in total. The number of hydrogen-bond donors (Lipinski definition) is 1. The first-order valence-corrected chi connectivity index (χ1v) is 10.2. The van der Waals surface area contributed by atoms with Crippen LogP contribution < -0.4 is 10.1 Å². The zero-order chi connectivity index (χ0) is 20.9. The van der Waals surface area contributed by atoms with Crippen LogP contribution in [0.25, 0.3) is 22.2 Å². The quantitative estimate of drug-likeness (QED) is 0.426. The third-order valence-electron chi connectivity index (χ3n) is 4.77. The van der Waals surface area contributed by atoms with Crippen LogP contribution in [0, 0.1) is 0 Å². The maximum absolute atomic E-state index is 12.7. The highest BCUT2D eigenvalue weighted by molar-refractivity contribution is 6.30. The number of rotatable bonds is 6. The Hall–Kier alpha value is -3.37. The minimum atomic E-state index is -0.151. The number of amides is 1. The molecule has 0 spiro atoms. The number of nitrogens with one attached hydrogen (secondary N) is 1. The van der Waals surface area contributed by atoms with Crippen LogP contribution in [0.2, 0.25) is 5.02 Å². The molecule has 0 saturated heterocycles. The van der Waals surface area contributed by atoms with Crippen LogP contribution in [0.5, 0.6) is 5.75 Å². The lowest BCUT2D eigenvalue weighted by Gasteiger charge is -2.12. The molecular weight excluding hydrogens is 396 g/mol. The van der Waals surface area contributed by atoms with E-state index in [0.717, 1.165) is 27.7 Å². The van der Waals surface area contributed by atoms with Crippen molar-refractivity contribution in [2.45, 2.75) is 13.5 Å². The molecule has 4 rings (SSSR count). The Morgan fingerprint density at radius 1 is 1.00 bits per heavy atom. The van der Waals surface area contributed by atoms with Gasteiger partial charge in [0.25, 0.3) is 5.91 Å². The van der Waals surface area contributed by atoms with Gasteiger partial charge in [0, 0.05) is 34.1 Å². The van der Waals surface area contributed by atoms with Gasteiger partial charge >= 0.3 is 0 Å². The Morgan fingerprint density at radius 2 is 1.77 bits per heavy atom. The van der Waals surface area contributed by atoms with Crippen molar-refractivity contribution in [3.8, 4) is 17.0 Å². The molecule has 1 heterocycles. The highest BCUT2D eigenvalue weighted by Crippen LogP contribution is 2.31. The lowest BCUT2D eigenvalue weighted by Crippen LogP contribution is -2.22. The standard InChI is InChI=1S/C25H21ClN2O2/c1-2-30-24-15-23(18-6-4-3-5-7-18)28-22-13-10-19(14-21(22)24)25(29)27-16-17-8-11-20(26)12-9-17/h3-15H,2,16H2,1H3,(H,27,29). The summed E-state index contributed by atoms with van der Waals surface area (Å²) in [5.41, 5.74) is 4.19. The van der Waals surface area contributed by atoms with Crippen LogP contribution >= 0.6 is 11.6 Å². The summed E-state index contributed by atoms with van der Waals surface area (Å²) in [5, 5.41) is 4.43. The first kappa shape index (κ1) is 19.9. The van der Waals surface area contributed by atoms with Crippen molar-refractivity contribution in [3.05, 3.63) is 95.0 Å². The molecular formula is C25H21ClN2O2. The summed E-state index contributed by atoms with van der Waals surface area (Å²) < 4.78 is 5.87. The van der Waals surface area contributed by atoms with Gasteiger partial charge in [0.2, 0.25) is 0 Å². The summed E-state index contributed by atoms with van der Waals surface area (Å²) in [5.74, 6) is 0.565. The number of nitrogens with zero attached hydrogens (tertiary/aromatic N) is 1. The number of carbonyl (C=O) groups excluding carboxylic acids is 1. The smallest absolute Gasteiger partial charge is 0.251 e. The van der Waals surface area contributed by atoms with Crippen molar-refractivity contribution in [2.24, 2.45) is 0 Å². The fourth-order valence-corrected chi connectivity index (χ4v) is 3.38. The number of hydrogen-bond acceptors (Lipinski definition) is 3. The lowest BCUT2D eigenvalue weighted by molar-refractivity contribution is 0.0951. The number of pyridine rings is 1. The van der Waals surface area contributed by atoms with Gasteiger partial charge in [-0.25, -0.2) is 4.98 Å². The van der Waals surface area contributed by atoms with Crippen LogP contribution in [0.4, 0.5) is 0 Å². The first-order valence-electron chi connectivity index (χ1n) is 9.79. The Morgan fingerprint density at radius 3 is 2.50 bits per heavy atom. The molecule has 5 heteroatoms. The van der Waals surface area contributed by atoms with Gasteiger partial charge in [0.05, 0.1) is 17.8 Å². The van der Waals surface area contributed by atoms with E-state index < -0.39 is 0 Å². The maximum atomic E-state index is 12.7. The van der Waals surface area contributed by atoms with Crippen molar-refractivity contribution in [1.29, 1.82) is 0 Å². The molecule has 150 valence electrons. The number of halogens is 1. The summed E-state index contributed by atoms with van der Waals surface area (Å²) in [6.45, 7) is 2.90. The normalized spacial score (nSPS) is 10.7. The van der Waals surface area contributed by atoms with Crippen LogP contribution in [-0.4, -0.2) is 17.5 Å². The highest BCUT2D eigenvalue weighted by atomic mass is 35.5. The summed E-state index contributed by atoms with van der Waals surface area (Å²) in [6.07, 6.45) is 0. The van der Waals surface area contributed by atoms with Gasteiger partial charge < -0.3 is 10.1 Å². The van der Waals surface area contributed by atoms with Gasteiger partial charge in [-0.05, 0) is 42.8 Å². The van der Waals surface area contributed by atoms with Gasteiger partial charge in [-0.3, -0.25) is 4.79 Å². The van der Waals surface area contributed by atoms with E-state index in [0.29, 0.717) is 29.5 Å². The van der Waals surface area contributed by atoms with E-state index in [1.807, 2.05) is 79.7 Å². The Labute approximate surface area is 180 Å². The summed E-state index contributed by atoms with van der Waals surface area (Å²) >= 11 is 5.91. The predicted octanol–water partition coefficient (Wildman–Crippen LogP) is 5.88. The van der Waals surface area contributed by atoms with Crippen LogP contribution in [-0.2, 0) is 6.54 Å². The molecule has 0 fully saturated rings. The average molecular weight is 417 g/mol. The highest BCUT2D eigenvalue weighted by Gasteiger charge is 2.12. The van der Waals surface area contributed by atoms with Crippen LogP contribution in [0.1, 0.15) is 22.8 Å². The van der Waals surface area contributed by atoms with E-state index >= 15 is 0 Å². The summed E-state index contributed by atoms with van der Waals surface area (Å²) in [4.78, 5) is 17.5. The Bertz CT molecular complexity index is 1180. The maximum Gasteiger partial charge on any atom is 0.251 e. The van der Waals surface area contributed by atoms with Crippen molar-refractivity contribution in [1.82, 2.24) is 10.3 Å². The lowest BCUT2D eigenvalue weighted by atomic mass is 10.1. The molecule has 0 unspecified atom stereocenters. The van der Waals surface area contributed by atoms with Crippen molar-refractivity contribution < 1.29 is 9.53 Å². The molecule has 30 heavy (non-hydrogen) atoms. The second kappa shape index (κ2) is 8.97. The first-order chi connectivity index (χ1) is 14.6. The zero-order valence-corrected chi connectivity index (χ0v) is 17.3. The van der Waals surface area contributed by atoms with E-state index in [2.05, 4.69) is 5.32 Å².